The minimum Gasteiger partial charge on any atom is -0.497 e. The lowest BCUT2D eigenvalue weighted by Crippen LogP contribution is -2.44. The van der Waals surface area contributed by atoms with Gasteiger partial charge in [0.2, 0.25) is 17.7 Å². The largest absolute Gasteiger partial charge is 0.497 e. The molecule has 0 aromatic heterocycles. The van der Waals surface area contributed by atoms with Gasteiger partial charge in [-0.3, -0.25) is 14.4 Å². The number of nitrogens with zero attached hydrogens (tertiary/aromatic N) is 1. The second kappa shape index (κ2) is 11.9. The third kappa shape index (κ3) is 7.11. The predicted molar refractivity (Wildman–Crippen MR) is 123 cm³/mol. The van der Waals surface area contributed by atoms with Crippen LogP contribution < -0.4 is 15.4 Å². The van der Waals surface area contributed by atoms with E-state index in [9.17, 15) is 14.4 Å². The van der Waals surface area contributed by atoms with Crippen LogP contribution >= 0.6 is 0 Å². The molecule has 32 heavy (non-hydrogen) atoms. The van der Waals surface area contributed by atoms with Crippen LogP contribution in [0.15, 0.2) is 54.6 Å². The quantitative estimate of drug-likeness (QED) is 0.630. The highest BCUT2D eigenvalue weighted by Crippen LogP contribution is 2.26. The fourth-order valence-electron chi connectivity index (χ4n) is 3.91. The smallest absolute Gasteiger partial charge is 0.243 e. The molecule has 0 saturated heterocycles. The molecule has 0 spiro atoms. The van der Waals surface area contributed by atoms with Crippen molar-refractivity contribution in [2.75, 3.05) is 25.5 Å². The maximum absolute atomic E-state index is 13.1. The molecule has 0 unspecified atom stereocenters. The maximum atomic E-state index is 13.1. The fourth-order valence-corrected chi connectivity index (χ4v) is 3.91. The minimum absolute atomic E-state index is 0.0198. The van der Waals surface area contributed by atoms with Gasteiger partial charge in [0.15, 0.2) is 0 Å². The zero-order chi connectivity index (χ0) is 22.8. The van der Waals surface area contributed by atoms with Crippen molar-refractivity contribution in [3.05, 3.63) is 60.2 Å². The van der Waals surface area contributed by atoms with Crippen LogP contribution in [0.5, 0.6) is 5.75 Å². The summed E-state index contributed by atoms with van der Waals surface area (Å²) in [5.41, 5.74) is 1.59. The Balaban J connectivity index is 1.54. The highest BCUT2D eigenvalue weighted by Gasteiger charge is 2.27. The lowest BCUT2D eigenvalue weighted by Gasteiger charge is -2.29. The molecule has 0 aliphatic heterocycles. The Hall–Kier alpha value is -3.35. The van der Waals surface area contributed by atoms with Crippen LogP contribution in [-0.4, -0.2) is 42.8 Å². The molecule has 0 heterocycles. The van der Waals surface area contributed by atoms with Gasteiger partial charge in [-0.15, -0.1) is 0 Å². The van der Waals surface area contributed by atoms with E-state index in [1.807, 2.05) is 30.3 Å². The molecular formula is C25H31N3O4. The predicted octanol–water partition coefficient (Wildman–Crippen LogP) is 3.36. The number of anilines is 1. The number of amides is 3. The monoisotopic (exact) mass is 437 g/mol. The summed E-state index contributed by atoms with van der Waals surface area (Å²) >= 11 is 0. The van der Waals surface area contributed by atoms with Crippen molar-refractivity contribution in [1.82, 2.24) is 10.2 Å². The molecule has 7 heteroatoms. The Kier molecular flexibility index (Phi) is 8.66. The second-order valence-corrected chi connectivity index (χ2v) is 8.07. The first-order valence-corrected chi connectivity index (χ1v) is 11.1. The highest BCUT2D eigenvalue weighted by atomic mass is 16.5. The molecule has 170 valence electrons. The number of carbonyl (C=O) groups is 3. The molecule has 2 N–H and O–H groups in total. The molecular weight excluding hydrogens is 406 g/mol. The van der Waals surface area contributed by atoms with Crippen molar-refractivity contribution in [3.8, 4) is 5.75 Å². The number of carbonyl (C=O) groups excluding carboxylic acids is 3. The second-order valence-electron chi connectivity index (χ2n) is 8.07. The lowest BCUT2D eigenvalue weighted by atomic mass is 9.88. The summed E-state index contributed by atoms with van der Waals surface area (Å²) in [6, 6.07) is 16.6. The molecule has 3 amide bonds. The number of benzene rings is 2. The van der Waals surface area contributed by atoms with Gasteiger partial charge in [0, 0.05) is 18.2 Å². The zero-order valence-corrected chi connectivity index (χ0v) is 18.5. The van der Waals surface area contributed by atoms with E-state index in [4.69, 9.17) is 4.74 Å². The number of hydrogen-bond acceptors (Lipinski definition) is 4. The molecule has 0 radical (unpaired) electrons. The number of rotatable bonds is 9. The van der Waals surface area contributed by atoms with E-state index >= 15 is 0 Å². The average molecular weight is 438 g/mol. The van der Waals surface area contributed by atoms with Gasteiger partial charge < -0.3 is 20.3 Å². The van der Waals surface area contributed by atoms with Crippen molar-refractivity contribution in [3.63, 3.8) is 0 Å². The van der Waals surface area contributed by atoms with Crippen LogP contribution in [-0.2, 0) is 20.9 Å². The molecule has 3 rings (SSSR count). The van der Waals surface area contributed by atoms with Crippen molar-refractivity contribution < 1.29 is 19.1 Å². The third-order valence-electron chi connectivity index (χ3n) is 5.64. The van der Waals surface area contributed by atoms with Crippen molar-refractivity contribution >= 4 is 23.4 Å². The zero-order valence-electron chi connectivity index (χ0n) is 18.5. The molecule has 1 aliphatic carbocycles. The van der Waals surface area contributed by atoms with Gasteiger partial charge in [0.1, 0.15) is 5.75 Å². The first-order valence-electron chi connectivity index (χ1n) is 11.1. The van der Waals surface area contributed by atoms with E-state index in [1.54, 1.807) is 36.3 Å². The van der Waals surface area contributed by atoms with Crippen molar-refractivity contribution in [1.29, 1.82) is 0 Å². The number of nitrogens with one attached hydrogen (secondary N) is 2. The van der Waals surface area contributed by atoms with Gasteiger partial charge in [-0.1, -0.05) is 49.6 Å². The molecule has 1 saturated carbocycles. The minimum atomic E-state index is -0.352. The maximum Gasteiger partial charge on any atom is 0.243 e. The normalized spacial score (nSPS) is 13.8. The van der Waals surface area contributed by atoms with Crippen LogP contribution in [0.1, 0.15) is 37.7 Å². The van der Waals surface area contributed by atoms with Gasteiger partial charge in [0.25, 0.3) is 0 Å². The summed E-state index contributed by atoms with van der Waals surface area (Å²) in [5.74, 6) is -0.00540. The number of hydrogen-bond donors (Lipinski definition) is 2. The van der Waals surface area contributed by atoms with Gasteiger partial charge in [-0.05, 0) is 42.7 Å². The van der Waals surface area contributed by atoms with E-state index in [2.05, 4.69) is 10.6 Å². The van der Waals surface area contributed by atoms with Crippen molar-refractivity contribution in [2.24, 2.45) is 5.92 Å². The van der Waals surface area contributed by atoms with E-state index in [1.165, 1.54) is 0 Å². The van der Waals surface area contributed by atoms with E-state index in [0.29, 0.717) is 18.0 Å². The Bertz CT molecular complexity index is 893. The highest BCUT2D eigenvalue weighted by molar-refractivity contribution is 5.95. The lowest BCUT2D eigenvalue weighted by molar-refractivity contribution is -0.141. The SMILES string of the molecule is COc1ccc(NC(=O)CNC(=O)CN(Cc2ccccc2)C(=O)C2CCCCC2)cc1. The van der Waals surface area contributed by atoms with Crippen molar-refractivity contribution in [2.45, 2.75) is 38.6 Å². The van der Waals surface area contributed by atoms with E-state index in [0.717, 1.165) is 37.7 Å². The topological polar surface area (TPSA) is 87.7 Å². The molecule has 7 nitrogen and oxygen atoms in total. The summed E-state index contributed by atoms with van der Waals surface area (Å²) in [5, 5.41) is 5.36. The number of ether oxygens (including phenoxy) is 1. The van der Waals surface area contributed by atoms with Crippen LogP contribution in [0, 0.1) is 5.92 Å². The summed E-state index contributed by atoms with van der Waals surface area (Å²) in [7, 11) is 1.57. The van der Waals surface area contributed by atoms with Gasteiger partial charge in [0.05, 0.1) is 20.2 Å². The first-order chi connectivity index (χ1) is 15.5. The molecule has 0 atom stereocenters. The summed E-state index contributed by atoms with van der Waals surface area (Å²) in [4.78, 5) is 39.5. The average Bonchev–Trinajstić information content (AvgIpc) is 2.83. The molecule has 1 aliphatic rings. The molecule has 1 fully saturated rings. The molecule has 2 aromatic carbocycles. The van der Waals surface area contributed by atoms with Crippen LogP contribution in [0.2, 0.25) is 0 Å². The Morgan fingerprint density at radius 1 is 0.938 bits per heavy atom. The Labute approximate surface area is 189 Å². The third-order valence-corrected chi connectivity index (χ3v) is 5.64. The standard InChI is InChI=1S/C25H31N3O4/c1-32-22-14-12-21(13-15-22)27-23(29)16-26-24(30)18-28(17-19-8-4-2-5-9-19)25(31)20-10-6-3-7-11-20/h2,4-5,8-9,12-15,20H,3,6-7,10-11,16-18H2,1H3,(H,26,30)(H,27,29). The molecule has 0 bridgehead atoms. The summed E-state index contributed by atoms with van der Waals surface area (Å²) in [6.45, 7) is 0.142. The van der Waals surface area contributed by atoms with Crippen LogP contribution in [0.3, 0.4) is 0 Å². The van der Waals surface area contributed by atoms with Crippen LogP contribution in [0.4, 0.5) is 5.69 Å². The van der Waals surface area contributed by atoms with Gasteiger partial charge in [-0.25, -0.2) is 0 Å². The van der Waals surface area contributed by atoms with Gasteiger partial charge in [-0.2, -0.15) is 0 Å². The fraction of sp³-hybridized carbons (Fsp3) is 0.400. The van der Waals surface area contributed by atoms with Crippen LogP contribution in [0.25, 0.3) is 0 Å². The number of methoxy groups -OCH3 is 1. The van der Waals surface area contributed by atoms with E-state index in [-0.39, 0.29) is 36.7 Å². The first kappa shape index (κ1) is 23.3. The molecule has 2 aromatic rings. The van der Waals surface area contributed by atoms with E-state index < -0.39 is 0 Å². The summed E-state index contributed by atoms with van der Waals surface area (Å²) in [6.07, 6.45) is 5.00. The summed E-state index contributed by atoms with van der Waals surface area (Å²) < 4.78 is 5.09. The Morgan fingerprint density at radius 3 is 2.28 bits per heavy atom. The Morgan fingerprint density at radius 2 is 1.62 bits per heavy atom. The van der Waals surface area contributed by atoms with Gasteiger partial charge >= 0.3 is 0 Å².